The summed E-state index contributed by atoms with van der Waals surface area (Å²) in [6, 6.07) is 2.10. The molecule has 1 spiro atoms. The van der Waals surface area contributed by atoms with Gasteiger partial charge < -0.3 is 19.7 Å². The number of hydrogen-bond donors (Lipinski definition) is 1. The van der Waals surface area contributed by atoms with Gasteiger partial charge in [-0.25, -0.2) is 9.97 Å². The van der Waals surface area contributed by atoms with E-state index in [1.807, 2.05) is 0 Å². The Morgan fingerprint density at radius 2 is 1.95 bits per heavy atom. The first-order valence-corrected chi connectivity index (χ1v) is 7.90. The lowest BCUT2D eigenvalue weighted by atomic mass is 10.0. The molecule has 0 unspecified atom stereocenters. The van der Waals surface area contributed by atoms with Gasteiger partial charge in [0.15, 0.2) is 5.79 Å². The Hall–Kier alpha value is -1.73. The van der Waals surface area contributed by atoms with E-state index >= 15 is 0 Å². The largest absolute Gasteiger partial charge is 0.356 e. The number of nitrogens with one attached hydrogen (secondary N) is 1. The number of ether oxygens (including phenoxy) is 2. The van der Waals surface area contributed by atoms with Gasteiger partial charge >= 0.3 is 0 Å². The Bertz CT molecular complexity index is 560. The molecule has 22 heavy (non-hydrogen) atoms. The molecule has 4 rings (SSSR count). The monoisotopic (exact) mass is 304 g/mol. The Kier molecular flexibility index (Phi) is 3.46. The fraction of sp³-hybridized carbons (Fsp3) is 0.667. The summed E-state index contributed by atoms with van der Waals surface area (Å²) < 4.78 is 11.5. The Balaban J connectivity index is 1.43. The van der Waals surface area contributed by atoms with Crippen LogP contribution in [0.1, 0.15) is 36.2 Å². The molecule has 118 valence electrons. The van der Waals surface area contributed by atoms with Crippen LogP contribution in [0.3, 0.4) is 0 Å². The second kappa shape index (κ2) is 5.48. The summed E-state index contributed by atoms with van der Waals surface area (Å²) in [4.78, 5) is 22.6. The minimum Gasteiger partial charge on any atom is -0.356 e. The summed E-state index contributed by atoms with van der Waals surface area (Å²) in [5.74, 6) is 0.293. The number of amides is 1. The number of nitrogens with zero attached hydrogens (tertiary/aromatic N) is 3. The van der Waals surface area contributed by atoms with Crippen LogP contribution < -0.4 is 10.2 Å². The van der Waals surface area contributed by atoms with Crippen LogP contribution in [0, 0.1) is 0 Å². The van der Waals surface area contributed by atoms with Crippen molar-refractivity contribution in [1.29, 1.82) is 0 Å². The Morgan fingerprint density at radius 1 is 1.23 bits per heavy atom. The van der Waals surface area contributed by atoms with Gasteiger partial charge in [-0.2, -0.15) is 0 Å². The number of anilines is 1. The maximum absolute atomic E-state index is 12.1. The molecular formula is C15H20N4O3. The highest BCUT2D eigenvalue weighted by molar-refractivity contribution is 5.93. The van der Waals surface area contributed by atoms with Gasteiger partial charge in [-0.3, -0.25) is 4.79 Å². The lowest BCUT2D eigenvalue weighted by molar-refractivity contribution is -0.169. The third kappa shape index (κ3) is 2.78. The molecule has 7 heteroatoms. The maximum Gasteiger partial charge on any atom is 0.270 e. The summed E-state index contributed by atoms with van der Waals surface area (Å²) in [7, 11) is 0. The molecular weight excluding hydrogens is 284 g/mol. The first-order chi connectivity index (χ1) is 10.7. The molecule has 0 radical (unpaired) electrons. The van der Waals surface area contributed by atoms with Crippen molar-refractivity contribution >= 4 is 11.7 Å². The fourth-order valence-corrected chi connectivity index (χ4v) is 2.99. The van der Waals surface area contributed by atoms with Crippen molar-refractivity contribution in [3.8, 4) is 0 Å². The normalized spacial score (nSPS) is 23.7. The summed E-state index contributed by atoms with van der Waals surface area (Å²) in [6.07, 6.45) is 5.24. The summed E-state index contributed by atoms with van der Waals surface area (Å²) in [5, 5.41) is 2.95. The van der Waals surface area contributed by atoms with E-state index in [-0.39, 0.29) is 5.91 Å². The van der Waals surface area contributed by atoms with E-state index in [1.165, 1.54) is 6.33 Å². The molecule has 2 aliphatic heterocycles. The zero-order chi connectivity index (χ0) is 15.0. The lowest BCUT2D eigenvalue weighted by Crippen LogP contribution is -2.45. The molecule has 3 aliphatic rings. The average molecular weight is 304 g/mol. The Labute approximate surface area is 129 Å². The second-order valence-electron chi connectivity index (χ2n) is 6.10. The predicted octanol–water partition coefficient (Wildman–Crippen LogP) is 0.712. The first-order valence-electron chi connectivity index (χ1n) is 7.90. The molecule has 0 atom stereocenters. The number of piperidine rings is 1. The SMILES string of the molecule is O=C(NC1CC1)c1cc(N2CCC3(CC2)OCCO3)ncn1. The zero-order valence-corrected chi connectivity index (χ0v) is 12.5. The van der Waals surface area contributed by atoms with Crippen molar-refractivity contribution in [2.24, 2.45) is 0 Å². The smallest absolute Gasteiger partial charge is 0.270 e. The van der Waals surface area contributed by atoms with Crippen molar-refractivity contribution in [3.63, 3.8) is 0 Å². The van der Waals surface area contributed by atoms with Crippen LogP contribution in [0.25, 0.3) is 0 Å². The number of carbonyl (C=O) groups is 1. The third-order valence-electron chi connectivity index (χ3n) is 4.46. The molecule has 3 fully saturated rings. The molecule has 0 aromatic carbocycles. The maximum atomic E-state index is 12.1. The van der Waals surface area contributed by atoms with Crippen LogP contribution in [0.15, 0.2) is 12.4 Å². The van der Waals surface area contributed by atoms with Crippen LogP contribution in [0.4, 0.5) is 5.82 Å². The van der Waals surface area contributed by atoms with E-state index in [4.69, 9.17) is 9.47 Å². The number of carbonyl (C=O) groups excluding carboxylic acids is 1. The van der Waals surface area contributed by atoms with Gasteiger partial charge in [-0.15, -0.1) is 0 Å². The van der Waals surface area contributed by atoms with Crippen molar-refractivity contribution < 1.29 is 14.3 Å². The van der Waals surface area contributed by atoms with Crippen LogP contribution in [-0.2, 0) is 9.47 Å². The standard InChI is InChI=1S/C15H20N4O3/c20-14(18-11-1-2-11)12-9-13(17-10-16-12)19-5-3-15(4-6-19)21-7-8-22-15/h9-11H,1-8H2,(H,18,20). The van der Waals surface area contributed by atoms with Gasteiger partial charge in [0.1, 0.15) is 17.8 Å². The van der Waals surface area contributed by atoms with Gasteiger partial charge in [-0.05, 0) is 12.8 Å². The van der Waals surface area contributed by atoms with Gasteiger partial charge in [0, 0.05) is 38.0 Å². The molecule has 7 nitrogen and oxygen atoms in total. The van der Waals surface area contributed by atoms with Crippen LogP contribution in [0.5, 0.6) is 0 Å². The average Bonchev–Trinajstić information content (AvgIpc) is 3.26. The molecule has 0 bridgehead atoms. The van der Waals surface area contributed by atoms with E-state index in [1.54, 1.807) is 6.07 Å². The van der Waals surface area contributed by atoms with Crippen LogP contribution in [0.2, 0.25) is 0 Å². The Morgan fingerprint density at radius 3 is 2.64 bits per heavy atom. The summed E-state index contributed by atoms with van der Waals surface area (Å²) in [6.45, 7) is 2.97. The lowest BCUT2D eigenvalue weighted by Gasteiger charge is -2.38. The van der Waals surface area contributed by atoms with Crippen molar-refractivity contribution in [1.82, 2.24) is 15.3 Å². The highest BCUT2D eigenvalue weighted by Gasteiger charge is 2.40. The molecule has 1 N–H and O–H groups in total. The van der Waals surface area contributed by atoms with Crippen molar-refractivity contribution in [3.05, 3.63) is 18.1 Å². The quantitative estimate of drug-likeness (QED) is 0.886. The van der Waals surface area contributed by atoms with E-state index in [0.29, 0.717) is 24.9 Å². The van der Waals surface area contributed by atoms with Gasteiger partial charge in [0.25, 0.3) is 5.91 Å². The number of rotatable bonds is 3. The molecule has 1 saturated carbocycles. The zero-order valence-electron chi connectivity index (χ0n) is 12.5. The van der Waals surface area contributed by atoms with Gasteiger partial charge in [-0.1, -0.05) is 0 Å². The van der Waals surface area contributed by atoms with Crippen molar-refractivity contribution in [2.75, 3.05) is 31.2 Å². The van der Waals surface area contributed by atoms with E-state index in [2.05, 4.69) is 20.2 Å². The first kappa shape index (κ1) is 13.9. The third-order valence-corrected chi connectivity index (χ3v) is 4.46. The highest BCUT2D eigenvalue weighted by Crippen LogP contribution is 2.32. The number of hydrogen-bond acceptors (Lipinski definition) is 6. The molecule has 2 saturated heterocycles. The number of aromatic nitrogens is 2. The summed E-state index contributed by atoms with van der Waals surface area (Å²) in [5.41, 5.74) is 0.436. The predicted molar refractivity (Wildman–Crippen MR) is 78.6 cm³/mol. The van der Waals surface area contributed by atoms with Gasteiger partial charge in [0.2, 0.25) is 0 Å². The van der Waals surface area contributed by atoms with Crippen LogP contribution in [-0.4, -0.2) is 54.0 Å². The summed E-state index contributed by atoms with van der Waals surface area (Å²) >= 11 is 0. The minimum absolute atomic E-state index is 0.109. The topological polar surface area (TPSA) is 76.6 Å². The van der Waals surface area contributed by atoms with Gasteiger partial charge in [0.05, 0.1) is 13.2 Å². The molecule has 1 aromatic heterocycles. The fourth-order valence-electron chi connectivity index (χ4n) is 2.99. The minimum atomic E-state index is -0.393. The van der Waals surface area contributed by atoms with Crippen LogP contribution >= 0.6 is 0 Å². The molecule has 1 aromatic rings. The van der Waals surface area contributed by atoms with E-state index < -0.39 is 5.79 Å². The van der Waals surface area contributed by atoms with E-state index in [9.17, 15) is 4.79 Å². The molecule has 3 heterocycles. The highest BCUT2D eigenvalue weighted by atomic mass is 16.7. The second-order valence-corrected chi connectivity index (χ2v) is 6.10. The molecule has 1 aliphatic carbocycles. The molecule has 1 amide bonds. The van der Waals surface area contributed by atoms with E-state index in [0.717, 1.165) is 44.6 Å². The van der Waals surface area contributed by atoms with Crippen molar-refractivity contribution in [2.45, 2.75) is 37.5 Å².